The Kier molecular flexibility index (Phi) is 6.65. The molecule has 9 heteroatoms. The highest BCUT2D eigenvalue weighted by Gasteiger charge is 2.34. The molecule has 1 fully saturated rings. The van der Waals surface area contributed by atoms with Crippen LogP contribution in [0.15, 0.2) is 48.5 Å². The van der Waals surface area contributed by atoms with Gasteiger partial charge in [-0.05, 0) is 24.1 Å². The summed E-state index contributed by atoms with van der Waals surface area (Å²) in [7, 11) is 3.19. The molecule has 0 bridgehead atoms. The van der Waals surface area contributed by atoms with Crippen LogP contribution in [0.5, 0.6) is 11.5 Å². The van der Waals surface area contributed by atoms with Gasteiger partial charge in [-0.1, -0.05) is 47.7 Å². The van der Waals surface area contributed by atoms with E-state index in [1.165, 1.54) is 11.3 Å². The molecule has 1 N–H and O–H groups in total. The SMILES string of the molecule is COc1ccc(CCN2CC(C(=O)Nc3nnc(-c4ccccc4)s3)CC2=O)cc1OC. The Bertz CT molecular complexity index is 1100. The van der Waals surface area contributed by atoms with Gasteiger partial charge in [0.1, 0.15) is 5.01 Å². The van der Waals surface area contributed by atoms with Crippen LogP contribution in [0.3, 0.4) is 0 Å². The second-order valence-corrected chi connectivity index (χ2v) is 8.43. The summed E-state index contributed by atoms with van der Waals surface area (Å²) in [6.45, 7) is 0.928. The van der Waals surface area contributed by atoms with Gasteiger partial charge in [-0.15, -0.1) is 10.2 Å². The summed E-state index contributed by atoms with van der Waals surface area (Å²) in [4.78, 5) is 26.9. The van der Waals surface area contributed by atoms with Gasteiger partial charge in [0.05, 0.1) is 20.1 Å². The van der Waals surface area contributed by atoms with Crippen LogP contribution < -0.4 is 14.8 Å². The quantitative estimate of drug-likeness (QED) is 0.564. The number of carbonyl (C=O) groups is 2. The maximum atomic E-state index is 12.7. The highest BCUT2D eigenvalue weighted by Crippen LogP contribution is 2.29. The molecule has 0 aliphatic carbocycles. The molecule has 1 saturated heterocycles. The van der Waals surface area contributed by atoms with Gasteiger partial charge >= 0.3 is 0 Å². The Morgan fingerprint density at radius 1 is 1.12 bits per heavy atom. The molecule has 2 amide bonds. The van der Waals surface area contributed by atoms with Gasteiger partial charge in [-0.2, -0.15) is 0 Å². The predicted molar refractivity (Wildman–Crippen MR) is 122 cm³/mol. The number of nitrogens with zero attached hydrogens (tertiary/aromatic N) is 3. The molecule has 3 aromatic rings. The van der Waals surface area contributed by atoms with Crippen LogP contribution >= 0.6 is 11.3 Å². The van der Waals surface area contributed by atoms with Crippen molar-refractivity contribution >= 4 is 28.3 Å². The molecule has 1 unspecified atom stereocenters. The second-order valence-electron chi connectivity index (χ2n) is 7.45. The zero-order chi connectivity index (χ0) is 22.5. The van der Waals surface area contributed by atoms with E-state index >= 15 is 0 Å². The van der Waals surface area contributed by atoms with Crippen LogP contribution in [0.2, 0.25) is 0 Å². The number of amides is 2. The maximum absolute atomic E-state index is 12.7. The summed E-state index contributed by atoms with van der Waals surface area (Å²) < 4.78 is 10.6. The lowest BCUT2D eigenvalue weighted by atomic mass is 10.1. The van der Waals surface area contributed by atoms with Crippen molar-refractivity contribution in [3.8, 4) is 22.1 Å². The Balaban J connectivity index is 1.32. The van der Waals surface area contributed by atoms with E-state index in [1.54, 1.807) is 19.1 Å². The standard InChI is InChI=1S/C23H24N4O4S/c1-30-18-9-8-15(12-19(18)31-2)10-11-27-14-17(13-20(27)28)21(29)24-23-26-25-22(32-23)16-6-4-3-5-7-16/h3-9,12,17H,10-11,13-14H2,1-2H3,(H,24,26,29). The number of hydrogen-bond donors (Lipinski definition) is 1. The van der Waals surface area contributed by atoms with Crippen molar-refractivity contribution in [1.82, 2.24) is 15.1 Å². The van der Waals surface area contributed by atoms with Crippen LogP contribution in [0.4, 0.5) is 5.13 Å². The van der Waals surface area contributed by atoms with E-state index in [-0.39, 0.29) is 18.2 Å². The molecule has 0 radical (unpaired) electrons. The number of nitrogens with one attached hydrogen (secondary N) is 1. The fourth-order valence-electron chi connectivity index (χ4n) is 3.64. The van der Waals surface area contributed by atoms with Crippen molar-refractivity contribution in [1.29, 1.82) is 0 Å². The molecule has 32 heavy (non-hydrogen) atoms. The molecule has 2 heterocycles. The van der Waals surface area contributed by atoms with Crippen LogP contribution in [0.25, 0.3) is 10.6 Å². The molecule has 166 valence electrons. The molecule has 1 aliphatic rings. The lowest BCUT2D eigenvalue weighted by Gasteiger charge is -2.17. The Morgan fingerprint density at radius 2 is 1.91 bits per heavy atom. The van der Waals surface area contributed by atoms with E-state index < -0.39 is 5.92 Å². The zero-order valence-electron chi connectivity index (χ0n) is 17.9. The van der Waals surface area contributed by atoms with E-state index in [0.717, 1.165) is 16.1 Å². The van der Waals surface area contributed by atoms with Crippen molar-refractivity contribution < 1.29 is 19.1 Å². The van der Waals surface area contributed by atoms with Gasteiger partial charge in [-0.3, -0.25) is 9.59 Å². The lowest BCUT2D eigenvalue weighted by molar-refractivity contribution is -0.128. The number of anilines is 1. The number of benzene rings is 2. The molecular formula is C23H24N4O4S. The molecular weight excluding hydrogens is 428 g/mol. The zero-order valence-corrected chi connectivity index (χ0v) is 18.7. The van der Waals surface area contributed by atoms with Crippen LogP contribution in [0, 0.1) is 5.92 Å². The molecule has 2 aromatic carbocycles. The summed E-state index contributed by atoms with van der Waals surface area (Å²) in [5.41, 5.74) is 1.98. The summed E-state index contributed by atoms with van der Waals surface area (Å²) in [5.74, 6) is 0.687. The Labute approximate surface area is 190 Å². The molecule has 4 rings (SSSR count). The number of methoxy groups -OCH3 is 2. The minimum absolute atomic E-state index is 0.0205. The largest absolute Gasteiger partial charge is 0.493 e. The van der Waals surface area contributed by atoms with Gasteiger partial charge in [-0.25, -0.2) is 0 Å². The highest BCUT2D eigenvalue weighted by molar-refractivity contribution is 7.18. The van der Waals surface area contributed by atoms with E-state index in [1.807, 2.05) is 48.5 Å². The fraction of sp³-hybridized carbons (Fsp3) is 0.304. The number of carbonyl (C=O) groups excluding carboxylic acids is 2. The first kappa shape index (κ1) is 21.8. The van der Waals surface area contributed by atoms with Gasteiger partial charge in [0.15, 0.2) is 11.5 Å². The summed E-state index contributed by atoms with van der Waals surface area (Å²) in [5, 5.41) is 12.2. The first-order chi connectivity index (χ1) is 15.6. The third kappa shape index (κ3) is 4.88. The summed E-state index contributed by atoms with van der Waals surface area (Å²) >= 11 is 1.31. The Morgan fingerprint density at radius 3 is 2.66 bits per heavy atom. The second kappa shape index (κ2) is 9.78. The van der Waals surface area contributed by atoms with Crippen molar-refractivity contribution in [3.05, 3.63) is 54.1 Å². The molecule has 1 aromatic heterocycles. The molecule has 0 spiro atoms. The number of ether oxygens (including phenoxy) is 2. The van der Waals surface area contributed by atoms with Crippen molar-refractivity contribution in [2.75, 3.05) is 32.6 Å². The number of rotatable bonds is 8. The average molecular weight is 453 g/mol. The van der Waals surface area contributed by atoms with E-state index in [9.17, 15) is 9.59 Å². The Hall–Kier alpha value is -3.46. The molecule has 0 saturated carbocycles. The van der Waals surface area contributed by atoms with E-state index in [2.05, 4.69) is 15.5 Å². The molecule has 1 aliphatic heterocycles. The van der Waals surface area contributed by atoms with Gasteiger partial charge in [0, 0.05) is 25.1 Å². The number of aromatic nitrogens is 2. The summed E-state index contributed by atoms with van der Waals surface area (Å²) in [6.07, 6.45) is 0.860. The highest BCUT2D eigenvalue weighted by atomic mass is 32.1. The minimum atomic E-state index is -0.406. The third-order valence-corrected chi connectivity index (χ3v) is 6.27. The maximum Gasteiger partial charge on any atom is 0.231 e. The number of hydrogen-bond acceptors (Lipinski definition) is 7. The molecule has 8 nitrogen and oxygen atoms in total. The summed E-state index contributed by atoms with van der Waals surface area (Å²) in [6, 6.07) is 15.4. The minimum Gasteiger partial charge on any atom is -0.493 e. The van der Waals surface area contributed by atoms with E-state index in [4.69, 9.17) is 9.47 Å². The van der Waals surface area contributed by atoms with Crippen molar-refractivity contribution in [2.24, 2.45) is 5.92 Å². The smallest absolute Gasteiger partial charge is 0.231 e. The van der Waals surface area contributed by atoms with Crippen LogP contribution in [0.1, 0.15) is 12.0 Å². The average Bonchev–Trinajstić information content (AvgIpc) is 3.44. The number of likely N-dealkylation sites (tertiary alicyclic amines) is 1. The van der Waals surface area contributed by atoms with Crippen LogP contribution in [-0.2, 0) is 16.0 Å². The fourth-order valence-corrected chi connectivity index (χ4v) is 4.39. The first-order valence-corrected chi connectivity index (χ1v) is 11.1. The molecule has 1 atom stereocenters. The van der Waals surface area contributed by atoms with Crippen molar-refractivity contribution in [2.45, 2.75) is 12.8 Å². The first-order valence-electron chi connectivity index (χ1n) is 10.3. The normalized spacial score (nSPS) is 15.6. The lowest BCUT2D eigenvalue weighted by Crippen LogP contribution is -2.30. The van der Waals surface area contributed by atoms with Crippen LogP contribution in [-0.4, -0.2) is 54.2 Å². The van der Waals surface area contributed by atoms with Gasteiger partial charge < -0.3 is 19.7 Å². The van der Waals surface area contributed by atoms with Gasteiger partial charge in [0.25, 0.3) is 0 Å². The topological polar surface area (TPSA) is 93.6 Å². The van der Waals surface area contributed by atoms with Gasteiger partial charge in [0.2, 0.25) is 16.9 Å². The predicted octanol–water partition coefficient (Wildman–Crippen LogP) is 3.25. The van der Waals surface area contributed by atoms with E-state index in [0.29, 0.717) is 36.1 Å². The van der Waals surface area contributed by atoms with Crippen molar-refractivity contribution in [3.63, 3.8) is 0 Å². The third-order valence-electron chi connectivity index (χ3n) is 5.38. The monoisotopic (exact) mass is 452 g/mol.